The Morgan fingerprint density at radius 3 is 2.50 bits per heavy atom. The number of benzene rings is 2. The zero-order valence-electron chi connectivity index (χ0n) is 11.9. The van der Waals surface area contributed by atoms with Gasteiger partial charge in [0.05, 0.1) is 4.92 Å². The number of rotatable bonds is 4. The van der Waals surface area contributed by atoms with Gasteiger partial charge in [-0.1, -0.05) is 12.1 Å². The molecule has 0 atom stereocenters. The fourth-order valence-electron chi connectivity index (χ4n) is 1.90. The van der Waals surface area contributed by atoms with Crippen molar-refractivity contribution in [2.45, 2.75) is 6.92 Å². The lowest BCUT2D eigenvalue weighted by atomic mass is 10.1. The zero-order valence-corrected chi connectivity index (χ0v) is 11.9. The molecule has 0 spiro atoms. The Balaban J connectivity index is 2.04. The summed E-state index contributed by atoms with van der Waals surface area (Å²) in [5, 5.41) is 13.4. The molecule has 0 heterocycles. The third-order valence-corrected chi connectivity index (χ3v) is 3.02. The van der Waals surface area contributed by atoms with Crippen LogP contribution in [-0.2, 0) is 4.79 Å². The van der Waals surface area contributed by atoms with Crippen LogP contribution in [-0.4, -0.2) is 10.8 Å². The number of carbonyl (C=O) groups excluding carboxylic acids is 1. The molecule has 0 aliphatic carbocycles. The summed E-state index contributed by atoms with van der Waals surface area (Å²) < 4.78 is 0. The first-order valence-electron chi connectivity index (χ1n) is 6.55. The molecule has 0 radical (unpaired) electrons. The van der Waals surface area contributed by atoms with E-state index in [4.69, 9.17) is 5.73 Å². The molecule has 0 bridgehead atoms. The number of nitrogens with zero attached hydrogens (tertiary/aromatic N) is 1. The van der Waals surface area contributed by atoms with Crippen LogP contribution >= 0.6 is 0 Å². The molecule has 3 N–H and O–H groups in total. The Morgan fingerprint density at radius 2 is 1.91 bits per heavy atom. The average Bonchev–Trinajstić information content (AvgIpc) is 2.46. The Bertz CT molecular complexity index is 737. The highest BCUT2D eigenvalue weighted by Gasteiger charge is 2.10. The van der Waals surface area contributed by atoms with E-state index in [0.717, 1.165) is 5.56 Å². The first-order valence-corrected chi connectivity index (χ1v) is 6.55. The van der Waals surface area contributed by atoms with E-state index in [9.17, 15) is 14.9 Å². The third kappa shape index (κ3) is 3.92. The SMILES string of the molecule is Cc1cc(NC(=O)/C=C/c2ccc(N)cc2)ccc1[N+](=O)[O-]. The van der Waals surface area contributed by atoms with Crippen molar-refractivity contribution in [3.05, 3.63) is 69.8 Å². The van der Waals surface area contributed by atoms with E-state index < -0.39 is 4.92 Å². The summed E-state index contributed by atoms with van der Waals surface area (Å²) >= 11 is 0. The number of aryl methyl sites for hydroxylation is 1. The summed E-state index contributed by atoms with van der Waals surface area (Å²) in [4.78, 5) is 22.1. The maximum Gasteiger partial charge on any atom is 0.272 e. The summed E-state index contributed by atoms with van der Waals surface area (Å²) in [7, 11) is 0. The maximum atomic E-state index is 11.8. The van der Waals surface area contributed by atoms with Crippen LogP contribution in [0.2, 0.25) is 0 Å². The van der Waals surface area contributed by atoms with Crippen LogP contribution in [0.5, 0.6) is 0 Å². The van der Waals surface area contributed by atoms with E-state index >= 15 is 0 Å². The summed E-state index contributed by atoms with van der Waals surface area (Å²) in [6.45, 7) is 1.62. The molecule has 2 rings (SSSR count). The predicted octanol–water partition coefficient (Wildman–Crippen LogP) is 3.14. The number of nitrogen functional groups attached to an aromatic ring is 1. The molecular formula is C16H15N3O3. The summed E-state index contributed by atoms with van der Waals surface area (Å²) in [5.74, 6) is -0.315. The van der Waals surface area contributed by atoms with Crippen molar-refractivity contribution in [3.63, 3.8) is 0 Å². The number of nitro groups is 1. The van der Waals surface area contributed by atoms with Crippen LogP contribution in [0.4, 0.5) is 17.1 Å². The number of nitrogens with one attached hydrogen (secondary N) is 1. The standard InChI is InChI=1S/C16H15N3O3/c1-11-10-14(7-8-15(11)19(21)22)18-16(20)9-4-12-2-5-13(17)6-3-12/h2-10H,17H2,1H3,(H,18,20)/b9-4+. The van der Waals surface area contributed by atoms with Crippen molar-refractivity contribution < 1.29 is 9.72 Å². The van der Waals surface area contributed by atoms with Gasteiger partial charge in [-0.2, -0.15) is 0 Å². The molecular weight excluding hydrogens is 282 g/mol. The smallest absolute Gasteiger partial charge is 0.272 e. The first-order chi connectivity index (χ1) is 10.5. The van der Waals surface area contributed by atoms with Crippen LogP contribution in [0, 0.1) is 17.0 Å². The van der Waals surface area contributed by atoms with Crippen LogP contribution in [0.3, 0.4) is 0 Å². The van der Waals surface area contributed by atoms with E-state index in [1.54, 1.807) is 43.3 Å². The molecule has 1 amide bonds. The number of nitrogens with two attached hydrogens (primary N) is 1. The lowest BCUT2D eigenvalue weighted by Gasteiger charge is -2.04. The van der Waals surface area contributed by atoms with Crippen LogP contribution in [0.1, 0.15) is 11.1 Å². The lowest BCUT2D eigenvalue weighted by Crippen LogP contribution is -2.08. The normalized spacial score (nSPS) is 10.6. The van der Waals surface area contributed by atoms with Gasteiger partial charge >= 0.3 is 0 Å². The van der Waals surface area contributed by atoms with Gasteiger partial charge in [-0.15, -0.1) is 0 Å². The first kappa shape index (κ1) is 15.2. The van der Waals surface area contributed by atoms with Crippen molar-refractivity contribution in [2.75, 3.05) is 11.1 Å². The number of nitro benzene ring substituents is 1. The molecule has 2 aromatic carbocycles. The lowest BCUT2D eigenvalue weighted by molar-refractivity contribution is -0.385. The van der Waals surface area contributed by atoms with Gasteiger partial charge in [0.15, 0.2) is 0 Å². The molecule has 0 unspecified atom stereocenters. The van der Waals surface area contributed by atoms with Gasteiger partial charge in [-0.3, -0.25) is 14.9 Å². The molecule has 0 aliphatic rings. The van der Waals surface area contributed by atoms with Crippen LogP contribution in [0.15, 0.2) is 48.5 Å². The van der Waals surface area contributed by atoms with Gasteiger partial charge in [0.25, 0.3) is 5.69 Å². The van der Waals surface area contributed by atoms with E-state index in [0.29, 0.717) is 16.9 Å². The summed E-state index contributed by atoms with van der Waals surface area (Å²) in [5.41, 5.74) is 8.11. The van der Waals surface area contributed by atoms with E-state index in [-0.39, 0.29) is 11.6 Å². The maximum absolute atomic E-state index is 11.8. The van der Waals surface area contributed by atoms with Gasteiger partial charge < -0.3 is 11.1 Å². The highest BCUT2D eigenvalue weighted by Crippen LogP contribution is 2.21. The van der Waals surface area contributed by atoms with Gasteiger partial charge in [0.2, 0.25) is 5.91 Å². The molecule has 6 heteroatoms. The molecule has 6 nitrogen and oxygen atoms in total. The van der Waals surface area contributed by atoms with E-state index in [1.807, 2.05) is 0 Å². The van der Waals surface area contributed by atoms with Crippen molar-refractivity contribution in [1.29, 1.82) is 0 Å². The second-order valence-corrected chi connectivity index (χ2v) is 4.75. The minimum Gasteiger partial charge on any atom is -0.399 e. The van der Waals surface area contributed by atoms with Crippen molar-refractivity contribution in [1.82, 2.24) is 0 Å². The number of amides is 1. The molecule has 0 aromatic heterocycles. The van der Waals surface area contributed by atoms with Crippen molar-refractivity contribution >= 4 is 29.0 Å². The Morgan fingerprint density at radius 1 is 1.23 bits per heavy atom. The number of hydrogen-bond acceptors (Lipinski definition) is 4. The monoisotopic (exact) mass is 297 g/mol. The highest BCUT2D eigenvalue weighted by molar-refractivity contribution is 6.02. The Labute approximate surface area is 127 Å². The second-order valence-electron chi connectivity index (χ2n) is 4.75. The molecule has 0 aliphatic heterocycles. The summed E-state index contributed by atoms with van der Waals surface area (Å²) in [6.07, 6.45) is 3.05. The number of hydrogen-bond donors (Lipinski definition) is 2. The van der Waals surface area contributed by atoms with Crippen molar-refractivity contribution in [2.24, 2.45) is 0 Å². The highest BCUT2D eigenvalue weighted by atomic mass is 16.6. The van der Waals surface area contributed by atoms with Crippen LogP contribution < -0.4 is 11.1 Å². The zero-order chi connectivity index (χ0) is 16.1. The quantitative estimate of drug-likeness (QED) is 0.392. The third-order valence-electron chi connectivity index (χ3n) is 3.02. The molecule has 22 heavy (non-hydrogen) atoms. The minimum atomic E-state index is -0.456. The Hall–Kier alpha value is -3.15. The number of carbonyl (C=O) groups is 1. The van der Waals surface area contributed by atoms with Gasteiger partial charge in [-0.05, 0) is 42.8 Å². The van der Waals surface area contributed by atoms with Gasteiger partial charge in [0, 0.05) is 29.1 Å². The van der Waals surface area contributed by atoms with Crippen LogP contribution in [0.25, 0.3) is 6.08 Å². The molecule has 0 saturated heterocycles. The van der Waals surface area contributed by atoms with Gasteiger partial charge in [-0.25, -0.2) is 0 Å². The summed E-state index contributed by atoms with van der Waals surface area (Å²) in [6, 6.07) is 11.5. The molecule has 112 valence electrons. The fraction of sp³-hybridized carbons (Fsp3) is 0.0625. The second kappa shape index (κ2) is 6.53. The fourth-order valence-corrected chi connectivity index (χ4v) is 1.90. The molecule has 2 aromatic rings. The predicted molar refractivity (Wildman–Crippen MR) is 86.4 cm³/mol. The molecule has 0 saturated carbocycles. The van der Waals surface area contributed by atoms with E-state index in [2.05, 4.69) is 5.32 Å². The van der Waals surface area contributed by atoms with Crippen molar-refractivity contribution in [3.8, 4) is 0 Å². The Kier molecular flexibility index (Phi) is 4.53. The van der Waals surface area contributed by atoms with Gasteiger partial charge in [0.1, 0.15) is 0 Å². The number of anilines is 2. The largest absolute Gasteiger partial charge is 0.399 e. The van der Waals surface area contributed by atoms with E-state index in [1.165, 1.54) is 18.2 Å². The molecule has 0 fully saturated rings. The minimum absolute atomic E-state index is 0.0235. The average molecular weight is 297 g/mol. The topological polar surface area (TPSA) is 98.3 Å².